The Morgan fingerprint density at radius 3 is 2.63 bits per heavy atom. The summed E-state index contributed by atoms with van der Waals surface area (Å²) in [6, 6.07) is 5.95. The van der Waals surface area contributed by atoms with Crippen molar-refractivity contribution in [1.29, 1.82) is 0 Å². The molecular formula is C14H15ClN2OS. The molecule has 0 atom stereocenters. The van der Waals surface area contributed by atoms with Gasteiger partial charge in [0.2, 0.25) is 5.91 Å². The summed E-state index contributed by atoms with van der Waals surface area (Å²) in [4.78, 5) is 17.9. The summed E-state index contributed by atoms with van der Waals surface area (Å²) in [5.74, 6) is 0.300. The first-order valence-corrected chi connectivity index (χ1v) is 7.32. The number of thiazole rings is 1. The molecule has 0 radical (unpaired) electrons. The molecule has 2 rings (SSSR count). The van der Waals surface area contributed by atoms with Crippen molar-refractivity contribution in [3.05, 3.63) is 40.4 Å². The van der Waals surface area contributed by atoms with Gasteiger partial charge in [0.25, 0.3) is 0 Å². The highest BCUT2D eigenvalue weighted by molar-refractivity contribution is 7.14. The Bertz CT molecular complexity index is 609. The average molecular weight is 295 g/mol. The molecule has 3 nitrogen and oxygen atoms in total. The van der Waals surface area contributed by atoms with E-state index in [1.165, 1.54) is 23.8 Å². The zero-order valence-electron chi connectivity index (χ0n) is 11.1. The third kappa shape index (κ3) is 2.96. The lowest BCUT2D eigenvalue weighted by Gasteiger charge is -2.19. The number of anilines is 2. The normalized spacial score (nSPS) is 10.5. The fourth-order valence-corrected chi connectivity index (χ4v) is 2.87. The maximum atomic E-state index is 11.9. The van der Waals surface area contributed by atoms with Gasteiger partial charge in [0, 0.05) is 12.3 Å². The van der Waals surface area contributed by atoms with Crippen LogP contribution in [0.4, 0.5) is 10.8 Å². The quantitative estimate of drug-likeness (QED) is 0.796. The van der Waals surface area contributed by atoms with Crippen LogP contribution >= 0.6 is 22.9 Å². The Morgan fingerprint density at radius 2 is 2.11 bits per heavy atom. The number of amides is 1. The molecular weight excluding hydrogens is 280 g/mol. The number of aromatic nitrogens is 1. The highest BCUT2D eigenvalue weighted by Gasteiger charge is 2.18. The summed E-state index contributed by atoms with van der Waals surface area (Å²) >= 11 is 7.18. The summed E-state index contributed by atoms with van der Waals surface area (Å²) in [5.41, 5.74) is 3.98. The number of rotatable bonds is 3. The first kappa shape index (κ1) is 14.0. The molecule has 0 aliphatic heterocycles. The Kier molecular flexibility index (Phi) is 4.22. The van der Waals surface area contributed by atoms with Crippen LogP contribution in [-0.2, 0) is 10.7 Å². The molecule has 0 fully saturated rings. The molecule has 0 aliphatic rings. The fraction of sp³-hybridized carbons (Fsp3) is 0.286. The van der Waals surface area contributed by atoms with E-state index in [-0.39, 0.29) is 5.91 Å². The third-order valence-electron chi connectivity index (χ3n) is 2.93. The molecule has 0 bridgehead atoms. The van der Waals surface area contributed by atoms with Crippen molar-refractivity contribution in [3.8, 4) is 0 Å². The molecule has 0 aliphatic carbocycles. The monoisotopic (exact) mass is 294 g/mol. The van der Waals surface area contributed by atoms with E-state index in [1.807, 2.05) is 37.4 Å². The van der Waals surface area contributed by atoms with Crippen molar-refractivity contribution in [2.24, 2.45) is 0 Å². The molecule has 0 N–H and O–H groups in total. The van der Waals surface area contributed by atoms with E-state index in [2.05, 4.69) is 4.98 Å². The van der Waals surface area contributed by atoms with Crippen LogP contribution in [-0.4, -0.2) is 10.9 Å². The van der Waals surface area contributed by atoms with Gasteiger partial charge in [0.05, 0.1) is 17.3 Å². The summed E-state index contributed by atoms with van der Waals surface area (Å²) < 4.78 is 0. The maximum Gasteiger partial charge on any atom is 0.230 e. The fourth-order valence-electron chi connectivity index (χ4n) is 1.75. The van der Waals surface area contributed by atoms with E-state index in [1.54, 1.807) is 4.90 Å². The van der Waals surface area contributed by atoms with Gasteiger partial charge in [-0.05, 0) is 37.1 Å². The van der Waals surface area contributed by atoms with Crippen LogP contribution in [0.15, 0.2) is 23.6 Å². The highest BCUT2D eigenvalue weighted by atomic mass is 35.5. The van der Waals surface area contributed by atoms with Crippen LogP contribution in [0, 0.1) is 13.8 Å². The van der Waals surface area contributed by atoms with E-state index >= 15 is 0 Å². The molecule has 1 aromatic heterocycles. The number of carbonyl (C=O) groups excluding carboxylic acids is 1. The largest absolute Gasteiger partial charge is 0.274 e. The number of aryl methyl sites for hydroxylation is 2. The number of hydrogen-bond donors (Lipinski definition) is 0. The zero-order chi connectivity index (χ0) is 14.0. The first-order chi connectivity index (χ1) is 9.02. The third-order valence-corrected chi connectivity index (χ3v) is 4.08. The second kappa shape index (κ2) is 5.72. The SMILES string of the molecule is CC(=O)N(c1ccc(C)c(C)c1)c1nc(CCl)cs1. The van der Waals surface area contributed by atoms with Crippen LogP contribution in [0.25, 0.3) is 0 Å². The van der Waals surface area contributed by atoms with Crippen molar-refractivity contribution in [2.45, 2.75) is 26.7 Å². The predicted molar refractivity (Wildman–Crippen MR) is 80.4 cm³/mol. The summed E-state index contributed by atoms with van der Waals surface area (Å²) in [7, 11) is 0. The molecule has 5 heteroatoms. The molecule has 0 unspecified atom stereocenters. The van der Waals surface area contributed by atoms with Crippen LogP contribution < -0.4 is 4.90 Å². The second-order valence-corrected chi connectivity index (χ2v) is 5.48. The van der Waals surface area contributed by atoms with E-state index in [0.717, 1.165) is 16.9 Å². The van der Waals surface area contributed by atoms with Crippen molar-refractivity contribution in [3.63, 3.8) is 0 Å². The van der Waals surface area contributed by atoms with E-state index in [4.69, 9.17) is 11.6 Å². The Morgan fingerprint density at radius 1 is 1.37 bits per heavy atom. The van der Waals surface area contributed by atoms with Gasteiger partial charge in [0.15, 0.2) is 5.13 Å². The van der Waals surface area contributed by atoms with E-state index in [0.29, 0.717) is 11.0 Å². The molecule has 100 valence electrons. The van der Waals surface area contributed by atoms with Gasteiger partial charge in [-0.3, -0.25) is 9.69 Å². The van der Waals surface area contributed by atoms with Crippen LogP contribution in [0.5, 0.6) is 0 Å². The van der Waals surface area contributed by atoms with Gasteiger partial charge in [0.1, 0.15) is 0 Å². The summed E-state index contributed by atoms with van der Waals surface area (Å²) in [6.45, 7) is 5.62. The zero-order valence-corrected chi connectivity index (χ0v) is 12.7. The van der Waals surface area contributed by atoms with Crippen LogP contribution in [0.3, 0.4) is 0 Å². The van der Waals surface area contributed by atoms with Crippen LogP contribution in [0.1, 0.15) is 23.7 Å². The van der Waals surface area contributed by atoms with Gasteiger partial charge in [-0.1, -0.05) is 6.07 Å². The maximum absolute atomic E-state index is 11.9. The standard InChI is InChI=1S/C14H15ClN2OS/c1-9-4-5-13(6-10(9)2)17(11(3)18)14-16-12(7-15)8-19-14/h4-6,8H,7H2,1-3H3. The van der Waals surface area contributed by atoms with Crippen molar-refractivity contribution in [2.75, 3.05) is 4.90 Å². The Balaban J connectivity index is 2.45. The Labute approximate surface area is 121 Å². The van der Waals surface area contributed by atoms with Gasteiger partial charge >= 0.3 is 0 Å². The van der Waals surface area contributed by atoms with Gasteiger partial charge < -0.3 is 0 Å². The number of hydrogen-bond acceptors (Lipinski definition) is 3. The topological polar surface area (TPSA) is 33.2 Å². The van der Waals surface area contributed by atoms with Gasteiger partial charge in [-0.15, -0.1) is 22.9 Å². The van der Waals surface area contributed by atoms with Crippen molar-refractivity contribution < 1.29 is 4.79 Å². The predicted octanol–water partition coefficient (Wildman–Crippen LogP) is 4.18. The van der Waals surface area contributed by atoms with Gasteiger partial charge in [-0.2, -0.15) is 0 Å². The van der Waals surface area contributed by atoms with Crippen LogP contribution in [0.2, 0.25) is 0 Å². The molecule has 1 amide bonds. The smallest absolute Gasteiger partial charge is 0.230 e. The molecule has 2 aromatic rings. The lowest BCUT2D eigenvalue weighted by Crippen LogP contribution is -2.22. The molecule has 1 heterocycles. The summed E-state index contributed by atoms with van der Waals surface area (Å²) in [6.07, 6.45) is 0. The first-order valence-electron chi connectivity index (χ1n) is 5.91. The molecule has 19 heavy (non-hydrogen) atoms. The minimum atomic E-state index is -0.0567. The molecule has 0 saturated heterocycles. The minimum Gasteiger partial charge on any atom is -0.274 e. The number of benzene rings is 1. The van der Waals surface area contributed by atoms with Crippen molar-refractivity contribution in [1.82, 2.24) is 4.98 Å². The number of carbonyl (C=O) groups is 1. The summed E-state index contributed by atoms with van der Waals surface area (Å²) in [5, 5.41) is 2.53. The Hall–Kier alpha value is -1.39. The highest BCUT2D eigenvalue weighted by Crippen LogP contribution is 2.30. The van der Waals surface area contributed by atoms with Crippen molar-refractivity contribution >= 4 is 39.7 Å². The number of halogens is 1. The molecule has 0 spiro atoms. The lowest BCUT2D eigenvalue weighted by atomic mass is 10.1. The van der Waals surface area contributed by atoms with E-state index in [9.17, 15) is 4.79 Å². The minimum absolute atomic E-state index is 0.0567. The van der Waals surface area contributed by atoms with Gasteiger partial charge in [-0.25, -0.2) is 4.98 Å². The molecule has 0 saturated carbocycles. The van der Waals surface area contributed by atoms with E-state index < -0.39 is 0 Å². The number of alkyl halides is 1. The molecule has 1 aromatic carbocycles. The second-order valence-electron chi connectivity index (χ2n) is 4.38. The number of nitrogens with zero attached hydrogens (tertiary/aromatic N) is 2. The lowest BCUT2D eigenvalue weighted by molar-refractivity contribution is -0.115. The average Bonchev–Trinajstić information content (AvgIpc) is 2.82.